The highest BCUT2D eigenvalue weighted by atomic mass is 35.5. The first kappa shape index (κ1) is 16.0. The van der Waals surface area contributed by atoms with Crippen LogP contribution in [0.3, 0.4) is 0 Å². The van der Waals surface area contributed by atoms with Gasteiger partial charge in [-0.25, -0.2) is 0 Å². The van der Waals surface area contributed by atoms with Gasteiger partial charge in [-0.2, -0.15) is 10.1 Å². The first-order valence-electron chi connectivity index (χ1n) is 7.71. The molecule has 2 aromatic rings. The predicted octanol–water partition coefficient (Wildman–Crippen LogP) is 3.48. The van der Waals surface area contributed by atoms with Gasteiger partial charge in [0.2, 0.25) is 5.95 Å². The third-order valence-electron chi connectivity index (χ3n) is 3.76. The highest BCUT2D eigenvalue weighted by molar-refractivity contribution is 6.33. The van der Waals surface area contributed by atoms with Crippen LogP contribution in [0.4, 0.5) is 17.5 Å². The number of nitrogens with one attached hydrogen (secondary N) is 2. The monoisotopic (exact) mass is 333 g/mol. The van der Waals surface area contributed by atoms with Crippen molar-refractivity contribution in [3.05, 3.63) is 34.5 Å². The zero-order chi connectivity index (χ0) is 16.2. The van der Waals surface area contributed by atoms with Gasteiger partial charge >= 0.3 is 0 Å². The fourth-order valence-corrected chi connectivity index (χ4v) is 3.02. The van der Waals surface area contributed by atoms with Crippen LogP contribution in [0.2, 0.25) is 5.02 Å². The van der Waals surface area contributed by atoms with Gasteiger partial charge in [-0.05, 0) is 43.9 Å². The van der Waals surface area contributed by atoms with Crippen molar-refractivity contribution in [1.29, 1.82) is 0 Å². The summed E-state index contributed by atoms with van der Waals surface area (Å²) in [5.74, 6) is 1.08. The molecule has 1 aromatic carbocycles. The molecule has 1 aromatic heterocycles. The lowest BCUT2D eigenvalue weighted by atomic mass is 10.1. The Hall–Kier alpha value is -1.92. The van der Waals surface area contributed by atoms with Crippen LogP contribution >= 0.6 is 11.6 Å². The molecule has 122 valence electrons. The van der Waals surface area contributed by atoms with Crippen molar-refractivity contribution in [1.82, 2.24) is 15.2 Å². The Morgan fingerprint density at radius 2 is 2.22 bits per heavy atom. The highest BCUT2D eigenvalue weighted by Gasteiger charge is 2.15. The van der Waals surface area contributed by atoms with Gasteiger partial charge in [0.25, 0.3) is 0 Å². The summed E-state index contributed by atoms with van der Waals surface area (Å²) in [5.41, 5.74) is 2.95. The van der Waals surface area contributed by atoms with E-state index in [2.05, 4.69) is 31.9 Å². The second kappa shape index (κ2) is 7.10. The molecular weight excluding hydrogens is 314 g/mol. The number of anilines is 3. The molecule has 3 rings (SSSR count). The molecule has 1 atom stereocenters. The summed E-state index contributed by atoms with van der Waals surface area (Å²) in [6, 6.07) is 3.96. The van der Waals surface area contributed by atoms with Gasteiger partial charge in [-0.1, -0.05) is 17.7 Å². The Morgan fingerprint density at radius 1 is 1.35 bits per heavy atom. The molecule has 0 amide bonds. The summed E-state index contributed by atoms with van der Waals surface area (Å²) in [6.07, 6.45) is 4.04. The Morgan fingerprint density at radius 3 is 2.96 bits per heavy atom. The lowest BCUT2D eigenvalue weighted by Crippen LogP contribution is -2.19. The van der Waals surface area contributed by atoms with Gasteiger partial charge in [-0.3, -0.25) is 0 Å². The van der Waals surface area contributed by atoms with Crippen LogP contribution in [0.25, 0.3) is 0 Å². The summed E-state index contributed by atoms with van der Waals surface area (Å²) in [6.45, 7) is 5.57. The van der Waals surface area contributed by atoms with E-state index < -0.39 is 0 Å². The van der Waals surface area contributed by atoms with Crippen LogP contribution in [-0.4, -0.2) is 34.4 Å². The lowest BCUT2D eigenvalue weighted by Gasteiger charge is -2.13. The van der Waals surface area contributed by atoms with Crippen LogP contribution in [0.15, 0.2) is 18.3 Å². The van der Waals surface area contributed by atoms with Crippen LogP contribution in [0.1, 0.15) is 24.0 Å². The van der Waals surface area contributed by atoms with Crippen LogP contribution in [0, 0.1) is 13.8 Å². The molecular formula is C16H20ClN5O. The Balaban J connectivity index is 1.70. The van der Waals surface area contributed by atoms with E-state index in [-0.39, 0.29) is 6.10 Å². The van der Waals surface area contributed by atoms with Crippen molar-refractivity contribution >= 4 is 29.1 Å². The second-order valence-corrected chi connectivity index (χ2v) is 6.15. The zero-order valence-electron chi connectivity index (χ0n) is 13.3. The fraction of sp³-hybridized carbons (Fsp3) is 0.438. The van der Waals surface area contributed by atoms with Gasteiger partial charge in [0.05, 0.1) is 23.0 Å². The van der Waals surface area contributed by atoms with Gasteiger partial charge in [0.15, 0.2) is 5.82 Å². The zero-order valence-corrected chi connectivity index (χ0v) is 14.0. The second-order valence-electron chi connectivity index (χ2n) is 5.74. The van der Waals surface area contributed by atoms with E-state index in [0.29, 0.717) is 16.8 Å². The van der Waals surface area contributed by atoms with Crippen molar-refractivity contribution in [3.8, 4) is 0 Å². The van der Waals surface area contributed by atoms with Crippen molar-refractivity contribution in [2.24, 2.45) is 0 Å². The van der Waals surface area contributed by atoms with E-state index >= 15 is 0 Å². The largest absolute Gasteiger partial charge is 0.376 e. The Labute approximate surface area is 140 Å². The van der Waals surface area contributed by atoms with Gasteiger partial charge in [0.1, 0.15) is 0 Å². The summed E-state index contributed by atoms with van der Waals surface area (Å²) in [5, 5.41) is 15.0. The maximum atomic E-state index is 6.30. The minimum Gasteiger partial charge on any atom is -0.376 e. The van der Waals surface area contributed by atoms with Crippen molar-refractivity contribution in [2.45, 2.75) is 32.8 Å². The molecule has 0 radical (unpaired) electrons. The van der Waals surface area contributed by atoms with Gasteiger partial charge < -0.3 is 15.4 Å². The number of nitrogens with zero attached hydrogens (tertiary/aromatic N) is 3. The molecule has 7 heteroatoms. The van der Waals surface area contributed by atoms with Gasteiger partial charge in [-0.15, -0.1) is 5.10 Å². The maximum absolute atomic E-state index is 6.30. The maximum Gasteiger partial charge on any atom is 0.249 e. The average molecular weight is 334 g/mol. The molecule has 2 heterocycles. The highest BCUT2D eigenvalue weighted by Crippen LogP contribution is 2.29. The normalized spacial score (nSPS) is 17.3. The number of hydrogen-bond donors (Lipinski definition) is 2. The van der Waals surface area contributed by atoms with Crippen molar-refractivity contribution in [2.75, 3.05) is 23.8 Å². The third kappa shape index (κ3) is 4.09. The number of benzene rings is 1. The number of hydrogen-bond acceptors (Lipinski definition) is 6. The predicted molar refractivity (Wildman–Crippen MR) is 91.5 cm³/mol. The average Bonchev–Trinajstić information content (AvgIpc) is 3.03. The molecule has 0 spiro atoms. The minimum absolute atomic E-state index is 0.246. The third-order valence-corrected chi connectivity index (χ3v) is 4.06. The summed E-state index contributed by atoms with van der Waals surface area (Å²) < 4.78 is 5.58. The molecule has 0 saturated carbocycles. The first-order chi connectivity index (χ1) is 11.1. The molecule has 1 aliphatic rings. The Kier molecular flexibility index (Phi) is 4.93. The fourth-order valence-electron chi connectivity index (χ4n) is 2.65. The number of aryl methyl sites for hydroxylation is 2. The molecule has 1 aliphatic heterocycles. The van der Waals surface area contributed by atoms with E-state index in [1.165, 1.54) is 0 Å². The first-order valence-corrected chi connectivity index (χ1v) is 8.08. The molecule has 1 saturated heterocycles. The van der Waals surface area contributed by atoms with Crippen molar-refractivity contribution in [3.63, 3.8) is 0 Å². The smallest absolute Gasteiger partial charge is 0.249 e. The number of halogens is 1. The Bertz CT molecular complexity index is 665. The SMILES string of the molecule is Cc1cc(C)c(Nc2nncc(NCC3CCCO3)n2)c(Cl)c1. The van der Waals surface area contributed by atoms with E-state index in [0.717, 1.165) is 42.8 Å². The van der Waals surface area contributed by atoms with E-state index in [9.17, 15) is 0 Å². The van der Waals surface area contributed by atoms with Crippen molar-refractivity contribution < 1.29 is 4.74 Å². The van der Waals surface area contributed by atoms with Crippen LogP contribution in [0.5, 0.6) is 0 Å². The number of aromatic nitrogens is 3. The van der Waals surface area contributed by atoms with Crippen LogP contribution < -0.4 is 10.6 Å². The molecule has 0 aliphatic carbocycles. The van der Waals surface area contributed by atoms with E-state index in [1.54, 1.807) is 6.20 Å². The molecule has 0 bridgehead atoms. The quantitative estimate of drug-likeness (QED) is 0.872. The number of rotatable bonds is 5. The molecule has 23 heavy (non-hydrogen) atoms. The van der Waals surface area contributed by atoms with E-state index in [1.807, 2.05) is 19.9 Å². The summed E-state index contributed by atoms with van der Waals surface area (Å²) in [4.78, 5) is 4.42. The molecule has 6 nitrogen and oxygen atoms in total. The topological polar surface area (TPSA) is 72.0 Å². The molecule has 1 fully saturated rings. The van der Waals surface area contributed by atoms with Crippen LogP contribution in [-0.2, 0) is 4.74 Å². The minimum atomic E-state index is 0.246. The van der Waals surface area contributed by atoms with E-state index in [4.69, 9.17) is 16.3 Å². The standard InChI is InChI=1S/C16H20ClN5O/c1-10-6-11(2)15(13(17)7-10)21-16-20-14(9-19-22-16)18-8-12-4-3-5-23-12/h6-7,9,12H,3-5,8H2,1-2H3,(H2,18,20,21,22). The molecule has 2 N–H and O–H groups in total. The summed E-state index contributed by atoms with van der Waals surface area (Å²) in [7, 11) is 0. The summed E-state index contributed by atoms with van der Waals surface area (Å²) >= 11 is 6.30. The lowest BCUT2D eigenvalue weighted by molar-refractivity contribution is 0.120. The number of ether oxygens (including phenoxy) is 1. The molecule has 1 unspecified atom stereocenters. The van der Waals surface area contributed by atoms with Gasteiger partial charge in [0, 0.05) is 13.2 Å².